The molecule has 1 aliphatic rings. The standard InChI is InChI=1S/C15H19ClN6O3S/c1-2-22-13(5-6-19-22)21-7-3-4-11(15(21)23)20-26(24,25)12-8-10(16)9-18-14(12)17/h5-6,8-9,11,20H,2-4,7H2,1H3,(H2,17,18)/t11-/m1/s1. The fourth-order valence-electron chi connectivity index (χ4n) is 2.91. The number of piperidine rings is 1. The molecule has 2 aromatic rings. The van der Waals surface area contributed by atoms with Gasteiger partial charge in [0.25, 0.3) is 0 Å². The maximum atomic E-state index is 12.8. The van der Waals surface area contributed by atoms with Crippen LogP contribution in [0.15, 0.2) is 29.4 Å². The van der Waals surface area contributed by atoms with E-state index in [1.165, 1.54) is 12.3 Å². The van der Waals surface area contributed by atoms with E-state index in [0.717, 1.165) is 0 Å². The van der Waals surface area contributed by atoms with Crippen LogP contribution in [0.5, 0.6) is 0 Å². The number of halogens is 1. The molecule has 0 saturated carbocycles. The average Bonchev–Trinajstić information content (AvgIpc) is 3.07. The molecule has 3 N–H and O–H groups in total. The highest BCUT2D eigenvalue weighted by molar-refractivity contribution is 7.89. The van der Waals surface area contributed by atoms with Crippen LogP contribution in [0.3, 0.4) is 0 Å². The van der Waals surface area contributed by atoms with Crippen molar-refractivity contribution < 1.29 is 13.2 Å². The van der Waals surface area contributed by atoms with Crippen molar-refractivity contribution in [2.24, 2.45) is 0 Å². The van der Waals surface area contributed by atoms with Crippen LogP contribution in [0.4, 0.5) is 11.6 Å². The molecule has 0 aromatic carbocycles. The molecule has 3 heterocycles. The molecule has 1 aliphatic heterocycles. The van der Waals surface area contributed by atoms with Gasteiger partial charge >= 0.3 is 0 Å². The second kappa shape index (κ2) is 7.22. The zero-order valence-corrected chi connectivity index (χ0v) is 15.7. The second-order valence-electron chi connectivity index (χ2n) is 5.85. The molecular weight excluding hydrogens is 380 g/mol. The zero-order valence-electron chi connectivity index (χ0n) is 14.1. The van der Waals surface area contributed by atoms with Crippen molar-refractivity contribution in [3.63, 3.8) is 0 Å². The van der Waals surface area contributed by atoms with Gasteiger partial charge in [-0.15, -0.1) is 0 Å². The molecule has 0 radical (unpaired) electrons. The van der Waals surface area contributed by atoms with E-state index in [1.54, 1.807) is 21.8 Å². The fraction of sp³-hybridized carbons (Fsp3) is 0.400. The van der Waals surface area contributed by atoms with Crippen LogP contribution in [0, 0.1) is 0 Å². The van der Waals surface area contributed by atoms with Crippen LogP contribution < -0.4 is 15.4 Å². The number of hydrogen-bond donors (Lipinski definition) is 2. The number of amides is 1. The Bertz CT molecular complexity index is 929. The monoisotopic (exact) mass is 398 g/mol. The number of anilines is 2. The number of rotatable bonds is 5. The second-order valence-corrected chi connectivity index (χ2v) is 7.97. The summed E-state index contributed by atoms with van der Waals surface area (Å²) in [5, 5.41) is 4.30. The number of aromatic nitrogens is 3. The van der Waals surface area contributed by atoms with Crippen molar-refractivity contribution in [3.8, 4) is 0 Å². The molecule has 1 amide bonds. The maximum absolute atomic E-state index is 12.8. The first-order valence-corrected chi connectivity index (χ1v) is 9.96. The summed E-state index contributed by atoms with van der Waals surface area (Å²) in [6.07, 6.45) is 3.91. The van der Waals surface area contributed by atoms with Gasteiger partial charge in [0.2, 0.25) is 15.9 Å². The number of pyridine rings is 1. The van der Waals surface area contributed by atoms with Gasteiger partial charge in [-0.05, 0) is 25.8 Å². The third-order valence-corrected chi connectivity index (χ3v) is 5.85. The lowest BCUT2D eigenvalue weighted by molar-refractivity contribution is -0.121. The van der Waals surface area contributed by atoms with Crippen molar-refractivity contribution in [1.29, 1.82) is 0 Å². The molecule has 0 aliphatic carbocycles. The number of carbonyl (C=O) groups is 1. The van der Waals surface area contributed by atoms with Crippen LogP contribution in [-0.4, -0.2) is 41.7 Å². The van der Waals surface area contributed by atoms with E-state index in [9.17, 15) is 13.2 Å². The van der Waals surface area contributed by atoms with E-state index >= 15 is 0 Å². The number of nitrogens with zero attached hydrogens (tertiary/aromatic N) is 4. The molecule has 0 bridgehead atoms. The highest BCUT2D eigenvalue weighted by atomic mass is 35.5. The van der Waals surface area contributed by atoms with Gasteiger partial charge in [0, 0.05) is 25.4 Å². The molecule has 0 unspecified atom stereocenters. The summed E-state index contributed by atoms with van der Waals surface area (Å²) in [5.41, 5.74) is 5.66. The van der Waals surface area contributed by atoms with Crippen molar-refractivity contribution in [2.45, 2.75) is 37.2 Å². The third kappa shape index (κ3) is 3.53. The van der Waals surface area contributed by atoms with Crippen LogP contribution in [0.25, 0.3) is 0 Å². The summed E-state index contributed by atoms with van der Waals surface area (Å²) in [7, 11) is -4.05. The first-order chi connectivity index (χ1) is 12.3. The number of hydrogen-bond acceptors (Lipinski definition) is 6. The van der Waals surface area contributed by atoms with E-state index in [2.05, 4.69) is 14.8 Å². The Labute approximate surface area is 156 Å². The molecule has 26 heavy (non-hydrogen) atoms. The van der Waals surface area contributed by atoms with E-state index < -0.39 is 16.1 Å². The smallest absolute Gasteiger partial charge is 0.246 e. The number of nitrogens with two attached hydrogens (primary N) is 1. The van der Waals surface area contributed by atoms with Gasteiger partial charge in [-0.1, -0.05) is 11.6 Å². The summed E-state index contributed by atoms with van der Waals surface area (Å²) < 4.78 is 29.4. The van der Waals surface area contributed by atoms with Crippen LogP contribution in [0.2, 0.25) is 5.02 Å². The summed E-state index contributed by atoms with van der Waals surface area (Å²) in [6, 6.07) is 2.05. The summed E-state index contributed by atoms with van der Waals surface area (Å²) >= 11 is 5.82. The van der Waals surface area contributed by atoms with Crippen LogP contribution >= 0.6 is 11.6 Å². The lowest BCUT2D eigenvalue weighted by Crippen LogP contribution is -2.52. The molecule has 1 saturated heterocycles. The van der Waals surface area contributed by atoms with E-state index in [1.807, 2.05) is 6.92 Å². The van der Waals surface area contributed by atoms with Crippen molar-refractivity contribution in [1.82, 2.24) is 19.5 Å². The van der Waals surface area contributed by atoms with Gasteiger partial charge < -0.3 is 5.73 Å². The fourth-order valence-corrected chi connectivity index (χ4v) is 4.46. The minimum absolute atomic E-state index is 0.142. The third-order valence-electron chi connectivity index (χ3n) is 4.14. The number of aryl methyl sites for hydroxylation is 1. The number of nitrogens with one attached hydrogen (secondary N) is 1. The Hall–Kier alpha value is -2.17. The zero-order chi connectivity index (χ0) is 18.9. The molecule has 3 rings (SSSR count). The van der Waals surface area contributed by atoms with E-state index in [4.69, 9.17) is 17.3 Å². The molecule has 0 spiro atoms. The predicted molar refractivity (Wildman–Crippen MR) is 97.3 cm³/mol. The predicted octanol–water partition coefficient (Wildman–Crippen LogP) is 1.01. The SMILES string of the molecule is CCn1nccc1N1CCC[C@@H](NS(=O)(=O)c2cc(Cl)cnc2N)C1=O. The van der Waals surface area contributed by atoms with Gasteiger partial charge in [-0.2, -0.15) is 9.82 Å². The summed E-state index contributed by atoms with van der Waals surface area (Å²) in [5.74, 6) is 0.139. The topological polar surface area (TPSA) is 123 Å². The Balaban J connectivity index is 1.85. The number of nitrogen functional groups attached to an aromatic ring is 1. The van der Waals surface area contributed by atoms with Gasteiger partial charge in [-0.25, -0.2) is 18.1 Å². The first-order valence-electron chi connectivity index (χ1n) is 8.10. The molecule has 9 nitrogen and oxygen atoms in total. The highest BCUT2D eigenvalue weighted by Crippen LogP contribution is 2.24. The highest BCUT2D eigenvalue weighted by Gasteiger charge is 2.35. The maximum Gasteiger partial charge on any atom is 0.246 e. The molecule has 1 atom stereocenters. The molecule has 11 heteroatoms. The van der Waals surface area contributed by atoms with Gasteiger partial charge in [0.1, 0.15) is 22.6 Å². The first kappa shape index (κ1) is 18.6. The minimum atomic E-state index is -4.05. The van der Waals surface area contributed by atoms with Crippen molar-refractivity contribution >= 4 is 39.2 Å². The van der Waals surface area contributed by atoms with Gasteiger partial charge in [0.15, 0.2) is 0 Å². The molecular formula is C15H19ClN6O3S. The average molecular weight is 399 g/mol. The van der Waals surface area contributed by atoms with Gasteiger partial charge in [0.05, 0.1) is 11.2 Å². The Morgan fingerprint density at radius 1 is 1.46 bits per heavy atom. The summed E-state index contributed by atoms with van der Waals surface area (Å²) in [6.45, 7) is 3.02. The van der Waals surface area contributed by atoms with E-state index in [0.29, 0.717) is 31.7 Å². The Morgan fingerprint density at radius 3 is 2.96 bits per heavy atom. The summed E-state index contributed by atoms with van der Waals surface area (Å²) in [4.78, 5) is 17.9. The molecule has 2 aromatic heterocycles. The Kier molecular flexibility index (Phi) is 5.17. The van der Waals surface area contributed by atoms with Crippen molar-refractivity contribution in [3.05, 3.63) is 29.5 Å². The Morgan fingerprint density at radius 2 is 2.23 bits per heavy atom. The lowest BCUT2D eigenvalue weighted by Gasteiger charge is -2.32. The normalized spacial score (nSPS) is 18.3. The number of carbonyl (C=O) groups excluding carboxylic acids is 1. The molecule has 1 fully saturated rings. The molecule has 140 valence electrons. The largest absolute Gasteiger partial charge is 0.383 e. The number of sulfonamides is 1. The quantitative estimate of drug-likeness (QED) is 0.774. The lowest BCUT2D eigenvalue weighted by atomic mass is 10.1. The van der Waals surface area contributed by atoms with Gasteiger partial charge in [-0.3, -0.25) is 9.69 Å². The van der Waals surface area contributed by atoms with Crippen LogP contribution in [0.1, 0.15) is 19.8 Å². The van der Waals surface area contributed by atoms with E-state index in [-0.39, 0.29) is 21.6 Å². The van der Waals surface area contributed by atoms with Crippen LogP contribution in [-0.2, 0) is 21.4 Å². The van der Waals surface area contributed by atoms with Crippen molar-refractivity contribution in [2.75, 3.05) is 17.2 Å². The minimum Gasteiger partial charge on any atom is -0.383 e.